The Bertz CT molecular complexity index is 1020. The zero-order valence-electron chi connectivity index (χ0n) is 16.5. The number of aliphatic hydroxyl groups excluding tert-OH is 1. The first kappa shape index (κ1) is 22.0. The number of sulfonamides is 1. The molecule has 0 amide bonds. The normalized spacial score (nSPS) is 20.6. The number of carbonyl (C=O) groups excluding carboxylic acids is 1. The van der Waals surface area contributed by atoms with E-state index in [0.717, 1.165) is 4.47 Å². The van der Waals surface area contributed by atoms with Crippen molar-refractivity contribution in [2.75, 3.05) is 0 Å². The molecule has 1 heterocycles. The van der Waals surface area contributed by atoms with Crippen molar-refractivity contribution in [2.45, 2.75) is 56.3 Å². The third-order valence-electron chi connectivity index (χ3n) is 4.95. The molecule has 2 atom stereocenters. The van der Waals surface area contributed by atoms with E-state index in [1.807, 2.05) is 6.92 Å². The van der Waals surface area contributed by atoms with Gasteiger partial charge in [0.25, 0.3) is 0 Å². The van der Waals surface area contributed by atoms with Gasteiger partial charge in [0.2, 0.25) is 10.0 Å². The minimum atomic E-state index is -3.92. The predicted molar refractivity (Wildman–Crippen MR) is 114 cm³/mol. The van der Waals surface area contributed by atoms with Gasteiger partial charge in [0.15, 0.2) is 5.78 Å². The van der Waals surface area contributed by atoms with E-state index in [1.54, 1.807) is 44.2 Å². The molecule has 6 nitrogen and oxygen atoms in total. The number of benzene rings is 2. The summed E-state index contributed by atoms with van der Waals surface area (Å²) in [6.07, 6.45) is -0.0539. The summed E-state index contributed by atoms with van der Waals surface area (Å²) < 4.78 is 35.2. The summed E-state index contributed by atoms with van der Waals surface area (Å²) in [4.78, 5) is 12.4. The maximum atomic E-state index is 13.0. The number of aliphatic hydroxyl groups is 1. The molecule has 0 saturated heterocycles. The molecule has 2 aromatic carbocycles. The molecular formula is C21H24BrNO5S. The van der Waals surface area contributed by atoms with Crippen molar-refractivity contribution in [2.24, 2.45) is 0 Å². The number of hydrogen-bond donors (Lipinski definition) is 2. The number of rotatable bonds is 6. The molecule has 0 radical (unpaired) electrons. The van der Waals surface area contributed by atoms with Crippen LogP contribution in [0.3, 0.4) is 0 Å². The van der Waals surface area contributed by atoms with Crippen LogP contribution in [0, 0.1) is 0 Å². The van der Waals surface area contributed by atoms with Crippen LogP contribution in [-0.4, -0.2) is 31.0 Å². The summed E-state index contributed by atoms with van der Waals surface area (Å²) in [5.74, 6) is 0.404. The smallest absolute Gasteiger partial charge is 0.241 e. The van der Waals surface area contributed by atoms with E-state index >= 15 is 0 Å². The van der Waals surface area contributed by atoms with Gasteiger partial charge in [-0.05, 0) is 62.7 Å². The molecule has 0 bridgehead atoms. The van der Waals surface area contributed by atoms with Crippen LogP contribution in [0.4, 0.5) is 0 Å². The number of hydrogen-bond acceptors (Lipinski definition) is 5. The van der Waals surface area contributed by atoms with Gasteiger partial charge in [-0.25, -0.2) is 13.1 Å². The summed E-state index contributed by atoms with van der Waals surface area (Å²) in [6.45, 7) is 5.30. The fourth-order valence-corrected chi connectivity index (χ4v) is 4.81. The molecule has 2 N–H and O–H groups in total. The van der Waals surface area contributed by atoms with Crippen molar-refractivity contribution in [3.8, 4) is 5.75 Å². The van der Waals surface area contributed by atoms with E-state index in [9.17, 15) is 18.3 Å². The summed E-state index contributed by atoms with van der Waals surface area (Å²) in [5, 5.41) is 10.9. The predicted octanol–water partition coefficient (Wildman–Crippen LogP) is 3.98. The summed E-state index contributed by atoms with van der Waals surface area (Å²) in [7, 11) is -3.92. The zero-order valence-corrected chi connectivity index (χ0v) is 18.9. The third kappa shape index (κ3) is 4.55. The van der Waals surface area contributed by atoms with Gasteiger partial charge < -0.3 is 9.84 Å². The van der Waals surface area contributed by atoms with Crippen molar-refractivity contribution in [1.82, 2.24) is 4.72 Å². The molecule has 0 aliphatic carbocycles. The minimum absolute atomic E-state index is 0.0378. The lowest BCUT2D eigenvalue weighted by atomic mass is 9.86. The van der Waals surface area contributed by atoms with E-state index in [0.29, 0.717) is 29.7 Å². The number of Topliss-reactive ketones (excluding diaryl/α,β-unsaturated/α-hetero) is 1. The van der Waals surface area contributed by atoms with Gasteiger partial charge in [-0.15, -0.1) is 0 Å². The molecule has 2 aromatic rings. The minimum Gasteiger partial charge on any atom is -0.485 e. The van der Waals surface area contributed by atoms with Crippen LogP contribution in [-0.2, 0) is 10.0 Å². The number of ketones is 1. The van der Waals surface area contributed by atoms with Gasteiger partial charge in [0.05, 0.1) is 10.9 Å². The highest BCUT2D eigenvalue weighted by Crippen LogP contribution is 2.41. The van der Waals surface area contributed by atoms with Crippen LogP contribution < -0.4 is 9.46 Å². The van der Waals surface area contributed by atoms with Crippen molar-refractivity contribution in [1.29, 1.82) is 0 Å². The highest BCUT2D eigenvalue weighted by molar-refractivity contribution is 9.10. The quantitative estimate of drug-likeness (QED) is 0.608. The standard InChI is InChI=1S/C21H24BrNO5S/c1-4-5-17(24)13-6-11-18-16(12-13)19(20(25)21(2,3)28-18)23-29(26,27)15-9-7-14(22)8-10-15/h6-12,19-20,23,25H,4-5H2,1-3H3/t19-,20+/m1/s1. The second kappa shape index (κ2) is 8.18. The lowest BCUT2D eigenvalue weighted by Gasteiger charge is -2.42. The molecule has 0 unspecified atom stereocenters. The average Bonchev–Trinajstić information content (AvgIpc) is 2.65. The van der Waals surface area contributed by atoms with Gasteiger partial charge >= 0.3 is 0 Å². The van der Waals surface area contributed by atoms with Gasteiger partial charge in [-0.3, -0.25) is 4.79 Å². The average molecular weight is 482 g/mol. The Balaban J connectivity index is 2.04. The Morgan fingerprint density at radius 3 is 2.48 bits per heavy atom. The molecule has 29 heavy (non-hydrogen) atoms. The van der Waals surface area contributed by atoms with E-state index in [2.05, 4.69) is 20.7 Å². The number of nitrogens with one attached hydrogen (secondary N) is 1. The molecule has 1 aliphatic rings. The van der Waals surface area contributed by atoms with Crippen molar-refractivity contribution < 1.29 is 23.1 Å². The monoisotopic (exact) mass is 481 g/mol. The van der Waals surface area contributed by atoms with Crippen LogP contribution in [0.25, 0.3) is 0 Å². The van der Waals surface area contributed by atoms with Gasteiger partial charge in [-0.2, -0.15) is 0 Å². The lowest BCUT2D eigenvalue weighted by Crippen LogP contribution is -2.53. The molecule has 0 fully saturated rings. The Labute approximate surface area is 179 Å². The van der Waals surface area contributed by atoms with Crippen molar-refractivity contribution in [3.05, 3.63) is 58.1 Å². The zero-order chi connectivity index (χ0) is 21.4. The summed E-state index contributed by atoms with van der Waals surface area (Å²) in [5.41, 5.74) is -0.108. The second-order valence-corrected chi connectivity index (χ2v) is 10.3. The van der Waals surface area contributed by atoms with E-state index in [-0.39, 0.29) is 10.7 Å². The summed E-state index contributed by atoms with van der Waals surface area (Å²) >= 11 is 3.29. The van der Waals surface area contributed by atoms with Crippen molar-refractivity contribution in [3.63, 3.8) is 0 Å². The molecule has 1 aliphatic heterocycles. The van der Waals surface area contributed by atoms with Gasteiger partial charge in [-0.1, -0.05) is 22.9 Å². The van der Waals surface area contributed by atoms with Crippen LogP contribution >= 0.6 is 15.9 Å². The Kier molecular flexibility index (Phi) is 6.19. The molecule has 0 aromatic heterocycles. The number of ether oxygens (including phenoxy) is 1. The lowest BCUT2D eigenvalue weighted by molar-refractivity contribution is -0.0603. The van der Waals surface area contributed by atoms with Crippen LogP contribution in [0.15, 0.2) is 51.8 Å². The van der Waals surface area contributed by atoms with Crippen LogP contribution in [0.2, 0.25) is 0 Å². The SMILES string of the molecule is CCCC(=O)c1ccc2c(c1)[C@@H](NS(=O)(=O)c1ccc(Br)cc1)[C@H](O)C(C)(C)O2. The molecule has 0 spiro atoms. The highest BCUT2D eigenvalue weighted by Gasteiger charge is 2.44. The molecule has 0 saturated carbocycles. The fourth-order valence-electron chi connectivity index (χ4n) is 3.32. The number of carbonyl (C=O) groups is 1. The first-order valence-electron chi connectivity index (χ1n) is 9.37. The third-order valence-corrected chi connectivity index (χ3v) is 6.94. The second-order valence-electron chi connectivity index (χ2n) is 7.63. The van der Waals surface area contributed by atoms with Gasteiger partial charge in [0.1, 0.15) is 17.5 Å². The Morgan fingerprint density at radius 1 is 1.21 bits per heavy atom. The van der Waals surface area contributed by atoms with E-state index in [4.69, 9.17) is 4.74 Å². The topological polar surface area (TPSA) is 92.7 Å². The summed E-state index contributed by atoms with van der Waals surface area (Å²) in [6, 6.07) is 10.2. The Hall–Kier alpha value is -1.74. The first-order valence-corrected chi connectivity index (χ1v) is 11.6. The number of halogens is 1. The largest absolute Gasteiger partial charge is 0.485 e. The fraction of sp³-hybridized carbons (Fsp3) is 0.381. The van der Waals surface area contributed by atoms with Crippen LogP contribution in [0.5, 0.6) is 5.75 Å². The van der Waals surface area contributed by atoms with E-state index in [1.165, 1.54) is 12.1 Å². The Morgan fingerprint density at radius 2 is 1.86 bits per heavy atom. The van der Waals surface area contributed by atoms with Gasteiger partial charge in [0, 0.05) is 22.0 Å². The highest BCUT2D eigenvalue weighted by atomic mass is 79.9. The van der Waals surface area contributed by atoms with Crippen molar-refractivity contribution >= 4 is 31.7 Å². The van der Waals surface area contributed by atoms with E-state index < -0.39 is 27.8 Å². The molecule has 8 heteroatoms. The molecule has 3 rings (SSSR count). The molecular weight excluding hydrogens is 458 g/mol. The number of fused-ring (bicyclic) bond motifs is 1. The maximum Gasteiger partial charge on any atom is 0.241 e. The maximum absolute atomic E-state index is 13.0. The van der Waals surface area contributed by atoms with Crippen LogP contribution in [0.1, 0.15) is 55.6 Å². The molecule has 156 valence electrons. The first-order chi connectivity index (χ1) is 13.5.